The summed E-state index contributed by atoms with van der Waals surface area (Å²) in [5, 5.41) is 27.2. The van der Waals surface area contributed by atoms with Gasteiger partial charge in [0.15, 0.2) is 11.2 Å². The maximum atomic E-state index is 12.1. The SMILES string of the molecule is Cc1ccc2nc(/C(C#N)=c3/c4c(C5CCCC5)n(B(c5ccccc5)c5ccccc5)/c(=C(/C#N)c5nc6ccc(C)cc6o5)c4c(-c4ccccc4C)n3B(c3ccccc3)c3ccccc3)oc2c1. The number of rotatable bonds is 10. The molecule has 0 amide bonds. The summed E-state index contributed by atoms with van der Waals surface area (Å²) in [5.41, 5.74) is 13.2. The predicted octanol–water partition coefficient (Wildman–Crippen LogP) is 9.73. The average Bonchev–Trinajstić information content (AvgIpc) is 4.27. The molecule has 7 aromatic carbocycles. The molecule has 0 aliphatic heterocycles. The minimum absolute atomic E-state index is 0.0276. The molecule has 1 fully saturated rings. The van der Waals surface area contributed by atoms with Crippen LogP contribution < -0.4 is 32.5 Å². The zero-order valence-corrected chi connectivity index (χ0v) is 40.4. The van der Waals surface area contributed by atoms with Gasteiger partial charge < -0.3 is 17.8 Å². The largest absolute Gasteiger partial charge is 0.435 e. The minimum atomic E-state index is -0.478. The monoisotopic (exact) mass is 930 g/mol. The molecule has 0 saturated heterocycles. The van der Waals surface area contributed by atoms with Crippen molar-refractivity contribution in [1.29, 1.82) is 10.5 Å². The fourth-order valence-electron chi connectivity index (χ4n) is 11.4. The Labute approximate surface area is 418 Å². The first kappa shape index (κ1) is 44.4. The summed E-state index contributed by atoms with van der Waals surface area (Å²) in [6, 6.07) is 68.0. The van der Waals surface area contributed by atoms with Crippen molar-refractivity contribution >= 4 is 79.7 Å². The Morgan fingerprint density at radius 2 is 0.931 bits per heavy atom. The van der Waals surface area contributed by atoms with Crippen LogP contribution in [-0.2, 0) is 0 Å². The van der Waals surface area contributed by atoms with E-state index in [-0.39, 0.29) is 17.7 Å². The number of nitriles is 2. The molecule has 1 aliphatic rings. The van der Waals surface area contributed by atoms with Crippen LogP contribution in [0.25, 0.3) is 55.4 Å². The number of benzene rings is 7. The van der Waals surface area contributed by atoms with Gasteiger partial charge in [-0.25, -0.2) is 9.97 Å². The molecule has 12 rings (SSSR count). The molecule has 4 aromatic heterocycles. The molecule has 0 radical (unpaired) electrons. The van der Waals surface area contributed by atoms with Crippen molar-refractivity contribution in [1.82, 2.24) is 18.9 Å². The molecular formula is C62H48B2N6O2. The molecule has 0 spiro atoms. The molecule has 10 heteroatoms. The second-order valence-corrected chi connectivity index (χ2v) is 19.1. The van der Waals surface area contributed by atoms with Crippen LogP contribution in [0.1, 0.15) is 65.8 Å². The van der Waals surface area contributed by atoms with Gasteiger partial charge in [0.2, 0.25) is 11.8 Å². The number of aromatic nitrogens is 4. The summed E-state index contributed by atoms with van der Waals surface area (Å²) in [7, 11) is 0. The summed E-state index contributed by atoms with van der Waals surface area (Å²) >= 11 is 0. The highest BCUT2D eigenvalue weighted by atomic mass is 16.4. The van der Waals surface area contributed by atoms with E-state index in [4.69, 9.17) is 18.8 Å². The maximum Gasteiger partial charge on any atom is 0.328 e. The third-order valence-corrected chi connectivity index (χ3v) is 14.5. The van der Waals surface area contributed by atoms with Crippen molar-refractivity contribution in [3.05, 3.63) is 227 Å². The second kappa shape index (κ2) is 18.5. The molecule has 4 heterocycles. The second-order valence-electron chi connectivity index (χ2n) is 19.1. The number of aryl methyl sites for hydroxylation is 3. The van der Waals surface area contributed by atoms with E-state index in [1.165, 1.54) is 0 Å². The number of oxazole rings is 2. The Balaban J connectivity index is 1.43. The molecule has 0 unspecified atom stereocenters. The Hall–Kier alpha value is -8.85. The first-order valence-electron chi connectivity index (χ1n) is 24.8. The molecule has 1 aliphatic carbocycles. The van der Waals surface area contributed by atoms with Crippen molar-refractivity contribution in [2.75, 3.05) is 0 Å². The van der Waals surface area contributed by atoms with Gasteiger partial charge in [-0.1, -0.05) is 192 Å². The van der Waals surface area contributed by atoms with E-state index in [2.05, 4.69) is 149 Å². The first-order valence-corrected chi connectivity index (χ1v) is 24.8. The maximum absolute atomic E-state index is 12.1. The number of hydrogen-bond donors (Lipinski definition) is 0. The molecule has 0 bridgehead atoms. The predicted molar refractivity (Wildman–Crippen MR) is 291 cm³/mol. The van der Waals surface area contributed by atoms with Crippen LogP contribution in [0.2, 0.25) is 0 Å². The van der Waals surface area contributed by atoms with E-state index in [0.29, 0.717) is 44.0 Å². The summed E-state index contributed by atoms with van der Waals surface area (Å²) < 4.78 is 18.4. The molecular weight excluding hydrogens is 882 g/mol. The van der Waals surface area contributed by atoms with Gasteiger partial charge in [-0.05, 0) is 80.5 Å². The van der Waals surface area contributed by atoms with Gasteiger partial charge in [0.25, 0.3) is 0 Å². The normalized spacial score (nSPS) is 13.6. The van der Waals surface area contributed by atoms with Crippen LogP contribution >= 0.6 is 0 Å². The van der Waals surface area contributed by atoms with Gasteiger partial charge in [0.05, 0.1) is 10.7 Å². The molecule has 72 heavy (non-hydrogen) atoms. The van der Waals surface area contributed by atoms with E-state index >= 15 is 0 Å². The molecule has 1 saturated carbocycles. The van der Waals surface area contributed by atoms with Gasteiger partial charge >= 0.3 is 13.7 Å². The zero-order chi connectivity index (χ0) is 48.9. The molecule has 0 N–H and O–H groups in total. The van der Waals surface area contributed by atoms with Crippen LogP contribution in [0.15, 0.2) is 191 Å². The molecule has 0 atom stereocenters. The number of hydrogen-bond acceptors (Lipinski definition) is 6. The number of fused-ring (bicyclic) bond motifs is 3. The van der Waals surface area contributed by atoms with Gasteiger partial charge in [-0.15, -0.1) is 0 Å². The third kappa shape index (κ3) is 7.55. The van der Waals surface area contributed by atoms with Gasteiger partial charge in [0, 0.05) is 27.7 Å². The topological polar surface area (TPSA) is 110 Å². The van der Waals surface area contributed by atoms with E-state index in [9.17, 15) is 10.5 Å². The average molecular weight is 931 g/mol. The van der Waals surface area contributed by atoms with E-state index < -0.39 is 13.7 Å². The third-order valence-electron chi connectivity index (χ3n) is 14.5. The van der Waals surface area contributed by atoms with Gasteiger partial charge in [-0.3, -0.25) is 0 Å². The van der Waals surface area contributed by atoms with Crippen molar-refractivity contribution in [3.63, 3.8) is 0 Å². The lowest BCUT2D eigenvalue weighted by atomic mass is 9.49. The van der Waals surface area contributed by atoms with Crippen molar-refractivity contribution in [3.8, 4) is 23.4 Å². The zero-order valence-electron chi connectivity index (χ0n) is 40.4. The van der Waals surface area contributed by atoms with E-state index in [0.717, 1.165) is 91.9 Å². The van der Waals surface area contributed by atoms with Gasteiger partial charge in [-0.2, -0.15) is 10.5 Å². The lowest BCUT2D eigenvalue weighted by Gasteiger charge is -2.26. The van der Waals surface area contributed by atoms with Gasteiger partial charge in [0.1, 0.15) is 34.3 Å². The summed E-state index contributed by atoms with van der Waals surface area (Å²) in [4.78, 5) is 10.3. The highest BCUT2D eigenvalue weighted by molar-refractivity contribution is 6.85. The Morgan fingerprint density at radius 1 is 0.514 bits per heavy atom. The summed E-state index contributed by atoms with van der Waals surface area (Å²) in [6.07, 6.45) is 3.88. The van der Waals surface area contributed by atoms with Crippen LogP contribution in [0.4, 0.5) is 0 Å². The van der Waals surface area contributed by atoms with E-state index in [1.54, 1.807) is 0 Å². The summed E-state index contributed by atoms with van der Waals surface area (Å²) in [6.45, 7) is 5.29. The molecule has 11 aromatic rings. The van der Waals surface area contributed by atoms with Crippen LogP contribution in [0.5, 0.6) is 0 Å². The van der Waals surface area contributed by atoms with Crippen molar-refractivity contribution in [2.24, 2.45) is 0 Å². The molecule has 8 nitrogen and oxygen atoms in total. The highest BCUT2D eigenvalue weighted by Gasteiger charge is 2.40. The van der Waals surface area contributed by atoms with Crippen molar-refractivity contribution < 1.29 is 8.83 Å². The molecule has 344 valence electrons. The fraction of sp³-hybridized carbons (Fsp3) is 0.129. The van der Waals surface area contributed by atoms with E-state index in [1.807, 2.05) is 74.5 Å². The first-order chi connectivity index (χ1) is 35.4. The Kier molecular flexibility index (Phi) is 11.4. The quantitative estimate of drug-likeness (QED) is 0.126. The Morgan fingerprint density at radius 3 is 1.38 bits per heavy atom. The lowest BCUT2D eigenvalue weighted by molar-refractivity contribution is 0.584. The minimum Gasteiger partial charge on any atom is -0.435 e. The van der Waals surface area contributed by atoms with Crippen molar-refractivity contribution in [2.45, 2.75) is 52.4 Å². The standard InChI is InChI=1S/C62H48B2N6O2/c1-40-32-34-51-53(36-40)71-61(67-51)49(38-65)59-55-56(58(48-31-19-16-20-42(48)3)70(59)64(46-27-12-6-13-28-46)47-29-14-7-15-30-47)60(50(39-66)62-68-52-35-33-41(2)37-54(52)72-62)69(57(55)43-21-17-18-22-43)63(44-23-8-4-9-24-44)45-25-10-5-11-26-45/h4-16,19-20,23-37,43H,17-18,21-22H2,1-3H3/b59-49-,60-50-. The van der Waals surface area contributed by atoms with Crippen LogP contribution in [0, 0.1) is 43.4 Å². The summed E-state index contributed by atoms with van der Waals surface area (Å²) in [5.74, 6) is 0.478. The number of nitrogens with zero attached hydrogens (tertiary/aromatic N) is 6. The van der Waals surface area contributed by atoms with Crippen LogP contribution in [-0.4, -0.2) is 32.6 Å². The smallest absolute Gasteiger partial charge is 0.328 e. The highest BCUT2D eigenvalue weighted by Crippen LogP contribution is 2.41. The fourth-order valence-corrected chi connectivity index (χ4v) is 11.4. The lowest BCUT2D eigenvalue weighted by Crippen LogP contribution is -2.55. The Bertz CT molecular complexity index is 3880. The van der Waals surface area contributed by atoms with Crippen LogP contribution in [0.3, 0.4) is 0 Å².